The van der Waals surface area contributed by atoms with Crippen molar-refractivity contribution in [3.8, 4) is 0 Å². The van der Waals surface area contributed by atoms with Gasteiger partial charge in [0.15, 0.2) is 0 Å². The van der Waals surface area contributed by atoms with Crippen LogP contribution in [-0.4, -0.2) is 29.3 Å². The molecule has 1 N–H and O–H groups in total. The van der Waals surface area contributed by atoms with Crippen LogP contribution in [0.3, 0.4) is 0 Å². The van der Waals surface area contributed by atoms with E-state index in [0.717, 1.165) is 30.0 Å². The maximum Gasteiger partial charge on any atom is 0.256 e. The van der Waals surface area contributed by atoms with Crippen molar-refractivity contribution in [3.05, 3.63) is 95.6 Å². The molecule has 164 valence electrons. The highest BCUT2D eigenvalue weighted by Gasteiger charge is 2.24. The molecule has 1 aliphatic heterocycles. The zero-order valence-corrected chi connectivity index (χ0v) is 19.1. The van der Waals surface area contributed by atoms with E-state index >= 15 is 0 Å². The van der Waals surface area contributed by atoms with Gasteiger partial charge in [-0.25, -0.2) is 0 Å². The summed E-state index contributed by atoms with van der Waals surface area (Å²) in [6.45, 7) is 2.93. The fourth-order valence-electron chi connectivity index (χ4n) is 3.98. The molecule has 1 heterocycles. The van der Waals surface area contributed by atoms with Crippen molar-refractivity contribution >= 4 is 29.3 Å². The van der Waals surface area contributed by atoms with E-state index in [-0.39, 0.29) is 17.9 Å². The van der Waals surface area contributed by atoms with E-state index in [1.54, 1.807) is 36.0 Å². The minimum Gasteiger partial charge on any atom is -0.336 e. The summed E-state index contributed by atoms with van der Waals surface area (Å²) < 4.78 is 0. The van der Waals surface area contributed by atoms with Gasteiger partial charge in [-0.3, -0.25) is 9.59 Å². The van der Waals surface area contributed by atoms with E-state index < -0.39 is 0 Å². The molecule has 0 unspecified atom stereocenters. The first-order valence-electron chi connectivity index (χ1n) is 11.1. The summed E-state index contributed by atoms with van der Waals surface area (Å²) in [4.78, 5) is 28.7. The zero-order chi connectivity index (χ0) is 22.3. The zero-order valence-electron chi connectivity index (χ0n) is 18.3. The number of carbonyl (C=O) groups excluding carboxylic acids is 2. The summed E-state index contributed by atoms with van der Waals surface area (Å²) in [5.74, 6) is 0.722. The summed E-state index contributed by atoms with van der Waals surface area (Å²) >= 11 is 1.65. The Balaban J connectivity index is 1.41. The van der Waals surface area contributed by atoms with Crippen LogP contribution in [0.5, 0.6) is 0 Å². The Kier molecular flexibility index (Phi) is 7.28. The molecule has 4 rings (SSSR count). The number of nitrogens with one attached hydrogen (secondary N) is 1. The lowest BCUT2D eigenvalue weighted by Crippen LogP contribution is -2.42. The second kappa shape index (κ2) is 10.5. The molecule has 1 fully saturated rings. The van der Waals surface area contributed by atoms with Gasteiger partial charge in [-0.05, 0) is 68.1 Å². The third kappa shape index (κ3) is 5.40. The minimum atomic E-state index is -0.148. The molecule has 0 bridgehead atoms. The van der Waals surface area contributed by atoms with E-state index in [1.807, 2.05) is 47.4 Å². The first kappa shape index (κ1) is 22.2. The lowest BCUT2D eigenvalue weighted by Gasteiger charge is -2.33. The van der Waals surface area contributed by atoms with Gasteiger partial charge in [0.25, 0.3) is 11.8 Å². The predicted molar refractivity (Wildman–Crippen MR) is 131 cm³/mol. The number of piperidine rings is 1. The number of hydrogen-bond donors (Lipinski definition) is 1. The number of rotatable bonds is 6. The van der Waals surface area contributed by atoms with E-state index in [4.69, 9.17) is 0 Å². The van der Waals surface area contributed by atoms with Crippen molar-refractivity contribution in [2.24, 2.45) is 0 Å². The Hall–Kier alpha value is -3.05. The van der Waals surface area contributed by atoms with Crippen molar-refractivity contribution in [3.63, 3.8) is 0 Å². The highest BCUT2D eigenvalue weighted by molar-refractivity contribution is 7.98. The predicted octanol–water partition coefficient (Wildman–Crippen LogP) is 6.25. The number of thioether (sulfide) groups is 1. The first-order chi connectivity index (χ1) is 15.6. The summed E-state index contributed by atoms with van der Waals surface area (Å²) in [6, 6.07) is 25.4. The molecular formula is C27H28N2O2S. The molecule has 3 aromatic carbocycles. The fourth-order valence-corrected chi connectivity index (χ4v) is 4.98. The second-order valence-corrected chi connectivity index (χ2v) is 9.16. The van der Waals surface area contributed by atoms with E-state index in [0.29, 0.717) is 16.8 Å². The van der Waals surface area contributed by atoms with Gasteiger partial charge in [0.2, 0.25) is 0 Å². The molecule has 2 amide bonds. The van der Waals surface area contributed by atoms with Crippen molar-refractivity contribution in [1.29, 1.82) is 0 Å². The van der Waals surface area contributed by atoms with Gasteiger partial charge in [0, 0.05) is 34.5 Å². The topological polar surface area (TPSA) is 49.4 Å². The minimum absolute atomic E-state index is 0.0673. The Bertz CT molecular complexity index is 1070. The van der Waals surface area contributed by atoms with Crippen LogP contribution in [0.2, 0.25) is 0 Å². The normalized spacial score (nSPS) is 15.9. The molecule has 4 nitrogen and oxygen atoms in total. The van der Waals surface area contributed by atoms with Crippen LogP contribution in [0.4, 0.5) is 5.69 Å². The molecular weight excluding hydrogens is 416 g/mol. The Morgan fingerprint density at radius 1 is 0.938 bits per heavy atom. The number of carbonyl (C=O) groups is 2. The number of likely N-dealkylation sites (tertiary alicyclic amines) is 1. The summed E-state index contributed by atoms with van der Waals surface area (Å²) in [6.07, 6.45) is 3.30. The second-order valence-electron chi connectivity index (χ2n) is 8.15. The fraction of sp³-hybridized carbons (Fsp3) is 0.259. The molecule has 1 aliphatic rings. The molecule has 0 radical (unpaired) electrons. The smallest absolute Gasteiger partial charge is 0.256 e. The molecule has 0 spiro atoms. The average Bonchev–Trinajstić information content (AvgIpc) is 2.84. The van der Waals surface area contributed by atoms with Crippen LogP contribution in [0.25, 0.3) is 0 Å². The molecule has 1 saturated heterocycles. The summed E-state index contributed by atoms with van der Waals surface area (Å²) in [5.41, 5.74) is 3.21. The lowest BCUT2D eigenvalue weighted by molar-refractivity contribution is 0.0635. The highest BCUT2D eigenvalue weighted by Crippen LogP contribution is 2.27. The number of amides is 2. The van der Waals surface area contributed by atoms with Crippen molar-refractivity contribution in [2.45, 2.75) is 42.9 Å². The van der Waals surface area contributed by atoms with Crippen LogP contribution < -0.4 is 5.32 Å². The molecule has 32 heavy (non-hydrogen) atoms. The molecule has 0 aromatic heterocycles. The number of benzene rings is 3. The summed E-state index contributed by atoms with van der Waals surface area (Å²) in [7, 11) is 0. The van der Waals surface area contributed by atoms with Crippen LogP contribution in [0.1, 0.15) is 52.5 Å². The Morgan fingerprint density at radius 2 is 1.66 bits per heavy atom. The van der Waals surface area contributed by atoms with Crippen LogP contribution in [0.15, 0.2) is 83.8 Å². The van der Waals surface area contributed by atoms with E-state index in [1.165, 1.54) is 12.0 Å². The van der Waals surface area contributed by atoms with Crippen LogP contribution in [0, 0.1) is 0 Å². The van der Waals surface area contributed by atoms with E-state index in [2.05, 4.69) is 24.4 Å². The van der Waals surface area contributed by atoms with Crippen molar-refractivity contribution in [2.75, 3.05) is 11.9 Å². The van der Waals surface area contributed by atoms with Gasteiger partial charge in [-0.15, -0.1) is 11.8 Å². The van der Waals surface area contributed by atoms with Gasteiger partial charge >= 0.3 is 0 Å². The largest absolute Gasteiger partial charge is 0.336 e. The maximum absolute atomic E-state index is 13.0. The van der Waals surface area contributed by atoms with Gasteiger partial charge in [-0.1, -0.05) is 42.5 Å². The highest BCUT2D eigenvalue weighted by atomic mass is 32.2. The van der Waals surface area contributed by atoms with Gasteiger partial charge < -0.3 is 10.2 Å². The van der Waals surface area contributed by atoms with Crippen LogP contribution in [-0.2, 0) is 5.75 Å². The third-order valence-electron chi connectivity index (χ3n) is 5.82. The van der Waals surface area contributed by atoms with Crippen molar-refractivity contribution in [1.82, 2.24) is 4.90 Å². The molecule has 5 heteroatoms. The van der Waals surface area contributed by atoms with Crippen LogP contribution >= 0.6 is 11.8 Å². The van der Waals surface area contributed by atoms with Crippen molar-refractivity contribution < 1.29 is 9.59 Å². The first-order valence-corrected chi connectivity index (χ1v) is 12.1. The third-order valence-corrected chi connectivity index (χ3v) is 6.97. The SMILES string of the molecule is C[C@@H]1CCCCN1C(=O)c1ccc(NC(=O)c2ccccc2SCc2ccccc2)cc1. The Labute approximate surface area is 194 Å². The average molecular weight is 445 g/mol. The number of hydrogen-bond acceptors (Lipinski definition) is 3. The van der Waals surface area contributed by atoms with Gasteiger partial charge in [0.05, 0.1) is 5.56 Å². The molecule has 0 aliphatic carbocycles. The standard InChI is InChI=1S/C27H28N2O2S/c1-20-9-7-8-18-29(20)27(31)22-14-16-23(17-15-22)28-26(30)24-12-5-6-13-25(24)32-19-21-10-3-2-4-11-21/h2-6,10-17,20H,7-9,18-19H2,1H3,(H,28,30)/t20-/m1/s1. The van der Waals surface area contributed by atoms with Gasteiger partial charge in [-0.2, -0.15) is 0 Å². The van der Waals surface area contributed by atoms with E-state index in [9.17, 15) is 9.59 Å². The number of anilines is 1. The molecule has 3 aromatic rings. The number of nitrogens with zero attached hydrogens (tertiary/aromatic N) is 1. The quantitative estimate of drug-likeness (QED) is 0.458. The molecule has 1 atom stereocenters. The van der Waals surface area contributed by atoms with Gasteiger partial charge in [0.1, 0.15) is 0 Å². The lowest BCUT2D eigenvalue weighted by atomic mass is 10.0. The summed E-state index contributed by atoms with van der Waals surface area (Å²) in [5, 5.41) is 2.97. The Morgan fingerprint density at radius 3 is 2.41 bits per heavy atom. The molecule has 0 saturated carbocycles. The monoisotopic (exact) mass is 444 g/mol. The maximum atomic E-state index is 13.0.